The van der Waals surface area contributed by atoms with E-state index >= 15 is 0 Å². The molecule has 2 rings (SSSR count). The van der Waals surface area contributed by atoms with Gasteiger partial charge in [0, 0.05) is 36.6 Å². The van der Waals surface area contributed by atoms with Crippen LogP contribution in [0.5, 0.6) is 0 Å². The van der Waals surface area contributed by atoms with Crippen molar-refractivity contribution in [1.29, 1.82) is 0 Å². The third kappa shape index (κ3) is 4.04. The fourth-order valence-electron chi connectivity index (χ4n) is 2.17. The van der Waals surface area contributed by atoms with Gasteiger partial charge in [-0.25, -0.2) is 4.98 Å². The van der Waals surface area contributed by atoms with Crippen molar-refractivity contribution in [2.24, 2.45) is 7.05 Å². The second-order valence-corrected chi connectivity index (χ2v) is 5.40. The monoisotopic (exact) mass is 306 g/mol. The first-order chi connectivity index (χ1) is 9.99. The zero-order valence-electron chi connectivity index (χ0n) is 12.5. The topological polar surface area (TPSA) is 59.8 Å². The van der Waals surface area contributed by atoms with Gasteiger partial charge in [-0.3, -0.25) is 9.48 Å². The summed E-state index contributed by atoms with van der Waals surface area (Å²) in [6, 6.07) is 3.38. The van der Waals surface area contributed by atoms with E-state index in [9.17, 15) is 4.79 Å². The molecule has 21 heavy (non-hydrogen) atoms. The Morgan fingerprint density at radius 2 is 2.19 bits per heavy atom. The Hall–Kier alpha value is -1.88. The number of rotatable bonds is 5. The standard InChI is InChI=1S/C15H19ClN4O/c1-4-5-13-6-11(7-14(16)18-13)15(21)17-8-12-9-20(3)19-10(12)2/h6-7,9H,4-5,8H2,1-3H3,(H,17,21). The number of hydrogen-bond acceptors (Lipinski definition) is 3. The Morgan fingerprint density at radius 1 is 1.43 bits per heavy atom. The van der Waals surface area contributed by atoms with Crippen molar-refractivity contribution in [2.45, 2.75) is 33.2 Å². The lowest BCUT2D eigenvalue weighted by Gasteiger charge is -2.07. The molecule has 0 aliphatic heterocycles. The zero-order chi connectivity index (χ0) is 15.4. The van der Waals surface area contributed by atoms with Crippen LogP contribution in [0.1, 0.15) is 40.7 Å². The van der Waals surface area contributed by atoms with Gasteiger partial charge >= 0.3 is 0 Å². The molecule has 112 valence electrons. The molecule has 0 aromatic carbocycles. The van der Waals surface area contributed by atoms with Crippen LogP contribution in [0.15, 0.2) is 18.3 Å². The SMILES string of the molecule is CCCc1cc(C(=O)NCc2cn(C)nc2C)cc(Cl)n1. The Morgan fingerprint density at radius 3 is 2.81 bits per heavy atom. The Kier molecular flexibility index (Phi) is 4.96. The number of hydrogen-bond donors (Lipinski definition) is 1. The number of nitrogens with one attached hydrogen (secondary N) is 1. The molecule has 2 aromatic rings. The van der Waals surface area contributed by atoms with Crippen LogP contribution < -0.4 is 5.32 Å². The minimum absolute atomic E-state index is 0.153. The largest absolute Gasteiger partial charge is 0.348 e. The van der Waals surface area contributed by atoms with E-state index in [0.29, 0.717) is 17.3 Å². The Balaban J connectivity index is 2.08. The van der Waals surface area contributed by atoms with Crippen molar-refractivity contribution in [1.82, 2.24) is 20.1 Å². The molecule has 6 heteroatoms. The van der Waals surface area contributed by atoms with Gasteiger partial charge in [0.1, 0.15) is 5.15 Å². The van der Waals surface area contributed by atoms with Crippen molar-refractivity contribution in [3.8, 4) is 0 Å². The number of carbonyl (C=O) groups is 1. The van der Waals surface area contributed by atoms with Crippen molar-refractivity contribution in [3.63, 3.8) is 0 Å². The van der Waals surface area contributed by atoms with Crippen LogP contribution in [0.25, 0.3) is 0 Å². The van der Waals surface area contributed by atoms with Gasteiger partial charge in [0.15, 0.2) is 0 Å². The van der Waals surface area contributed by atoms with Gasteiger partial charge in [-0.2, -0.15) is 5.10 Å². The van der Waals surface area contributed by atoms with Gasteiger partial charge < -0.3 is 5.32 Å². The maximum Gasteiger partial charge on any atom is 0.251 e. The lowest BCUT2D eigenvalue weighted by atomic mass is 10.1. The van der Waals surface area contributed by atoms with Gasteiger partial charge in [-0.05, 0) is 25.5 Å². The Bertz CT molecular complexity index is 651. The molecule has 0 saturated carbocycles. The quantitative estimate of drug-likeness (QED) is 0.864. The fourth-order valence-corrected chi connectivity index (χ4v) is 2.39. The molecular weight excluding hydrogens is 288 g/mol. The fraction of sp³-hybridized carbons (Fsp3) is 0.400. The van der Waals surface area contributed by atoms with Crippen LogP contribution in [0.3, 0.4) is 0 Å². The lowest BCUT2D eigenvalue weighted by Crippen LogP contribution is -2.23. The third-order valence-electron chi connectivity index (χ3n) is 3.17. The van der Waals surface area contributed by atoms with E-state index in [0.717, 1.165) is 29.8 Å². The van der Waals surface area contributed by atoms with Crippen LogP contribution in [-0.2, 0) is 20.0 Å². The molecule has 1 amide bonds. The maximum absolute atomic E-state index is 12.2. The number of nitrogens with zero attached hydrogens (tertiary/aromatic N) is 3. The van der Waals surface area contributed by atoms with Gasteiger partial charge in [0.05, 0.1) is 5.69 Å². The summed E-state index contributed by atoms with van der Waals surface area (Å²) in [6.07, 6.45) is 3.67. The van der Waals surface area contributed by atoms with Crippen LogP contribution in [0.4, 0.5) is 0 Å². The Labute approximate surface area is 129 Å². The summed E-state index contributed by atoms with van der Waals surface area (Å²) in [5.74, 6) is -0.153. The average Bonchev–Trinajstić information content (AvgIpc) is 2.74. The van der Waals surface area contributed by atoms with E-state index in [4.69, 9.17) is 11.6 Å². The third-order valence-corrected chi connectivity index (χ3v) is 3.36. The van der Waals surface area contributed by atoms with E-state index in [1.165, 1.54) is 0 Å². The molecule has 0 spiro atoms. The summed E-state index contributed by atoms with van der Waals surface area (Å²) in [6.45, 7) is 4.43. The molecule has 0 radical (unpaired) electrons. The van der Waals surface area contributed by atoms with E-state index in [1.807, 2.05) is 20.2 Å². The highest BCUT2D eigenvalue weighted by molar-refractivity contribution is 6.29. The van der Waals surface area contributed by atoms with Gasteiger partial charge in [0.25, 0.3) is 5.91 Å². The molecule has 0 unspecified atom stereocenters. The smallest absolute Gasteiger partial charge is 0.251 e. The molecule has 2 aromatic heterocycles. The molecule has 0 atom stereocenters. The first-order valence-electron chi connectivity index (χ1n) is 6.93. The van der Waals surface area contributed by atoms with Crippen LogP contribution in [-0.4, -0.2) is 20.7 Å². The highest BCUT2D eigenvalue weighted by Gasteiger charge is 2.10. The normalized spacial score (nSPS) is 10.7. The molecule has 0 aliphatic rings. The average molecular weight is 307 g/mol. The van der Waals surface area contributed by atoms with Crippen molar-refractivity contribution in [3.05, 3.63) is 46.0 Å². The minimum atomic E-state index is -0.153. The van der Waals surface area contributed by atoms with Crippen molar-refractivity contribution in [2.75, 3.05) is 0 Å². The predicted molar refractivity (Wildman–Crippen MR) is 82.4 cm³/mol. The molecule has 1 N–H and O–H groups in total. The van der Waals surface area contributed by atoms with Gasteiger partial charge in [-0.15, -0.1) is 0 Å². The van der Waals surface area contributed by atoms with E-state index in [1.54, 1.807) is 16.8 Å². The number of pyridine rings is 1. The molecule has 0 aliphatic carbocycles. The summed E-state index contributed by atoms with van der Waals surface area (Å²) in [4.78, 5) is 16.4. The first-order valence-corrected chi connectivity index (χ1v) is 7.31. The summed E-state index contributed by atoms with van der Waals surface area (Å²) in [7, 11) is 1.86. The highest BCUT2D eigenvalue weighted by Crippen LogP contribution is 2.13. The number of amides is 1. The maximum atomic E-state index is 12.2. The molecule has 0 bridgehead atoms. The number of carbonyl (C=O) groups excluding carboxylic acids is 1. The lowest BCUT2D eigenvalue weighted by molar-refractivity contribution is 0.0950. The number of aryl methyl sites for hydroxylation is 3. The number of aromatic nitrogens is 3. The summed E-state index contributed by atoms with van der Waals surface area (Å²) in [5.41, 5.74) is 3.30. The van der Waals surface area contributed by atoms with Crippen molar-refractivity contribution < 1.29 is 4.79 Å². The molecule has 5 nitrogen and oxygen atoms in total. The van der Waals surface area contributed by atoms with Crippen LogP contribution in [0.2, 0.25) is 5.15 Å². The zero-order valence-corrected chi connectivity index (χ0v) is 13.2. The molecule has 0 saturated heterocycles. The predicted octanol–water partition coefficient (Wildman–Crippen LogP) is 2.66. The molecular formula is C15H19ClN4O. The molecule has 0 fully saturated rings. The van der Waals surface area contributed by atoms with E-state index in [-0.39, 0.29) is 5.91 Å². The summed E-state index contributed by atoms with van der Waals surface area (Å²) >= 11 is 5.97. The second kappa shape index (κ2) is 6.72. The van der Waals surface area contributed by atoms with Crippen LogP contribution in [0, 0.1) is 6.92 Å². The van der Waals surface area contributed by atoms with Gasteiger partial charge in [0.2, 0.25) is 0 Å². The second-order valence-electron chi connectivity index (χ2n) is 5.02. The van der Waals surface area contributed by atoms with E-state index in [2.05, 4.69) is 22.3 Å². The van der Waals surface area contributed by atoms with Crippen LogP contribution >= 0.6 is 11.6 Å². The summed E-state index contributed by atoms with van der Waals surface area (Å²) in [5, 5.41) is 7.49. The minimum Gasteiger partial charge on any atom is -0.348 e. The molecule has 2 heterocycles. The summed E-state index contributed by atoms with van der Waals surface area (Å²) < 4.78 is 1.74. The van der Waals surface area contributed by atoms with Gasteiger partial charge in [-0.1, -0.05) is 24.9 Å². The first kappa shape index (κ1) is 15.5. The highest BCUT2D eigenvalue weighted by atomic mass is 35.5. The number of halogens is 1. The van der Waals surface area contributed by atoms with Crippen molar-refractivity contribution >= 4 is 17.5 Å². The van der Waals surface area contributed by atoms with E-state index < -0.39 is 0 Å².